The molecule has 0 nitrogen and oxygen atoms in total. The second-order valence-electron chi connectivity index (χ2n) is 9.04. The van der Waals surface area contributed by atoms with E-state index in [1.165, 1.54) is 116 Å². The fourth-order valence-corrected chi connectivity index (χ4v) is 5.04. The van der Waals surface area contributed by atoms with E-state index in [-0.39, 0.29) is 0 Å². The lowest BCUT2D eigenvalue weighted by Gasteiger charge is -2.37. The first kappa shape index (κ1) is 45.9. The minimum absolute atomic E-state index is 1.13. The van der Waals surface area contributed by atoms with Crippen molar-refractivity contribution in [3.05, 3.63) is 0 Å². The second-order valence-corrected chi connectivity index (χ2v) is 9.04. The van der Waals surface area contributed by atoms with Crippen LogP contribution in [0.25, 0.3) is 0 Å². The van der Waals surface area contributed by atoms with Crippen LogP contribution >= 0.6 is 0 Å². The van der Waals surface area contributed by atoms with Crippen LogP contribution in [-0.4, -0.2) is 0 Å². The lowest BCUT2D eigenvalue weighted by Crippen LogP contribution is -2.25. The maximum Gasteiger partial charge on any atom is -0.0386 e. The average Bonchev–Trinajstić information content (AvgIpc) is 2.97. The molecular formula is C36H82. The van der Waals surface area contributed by atoms with Gasteiger partial charge in [-0.3, -0.25) is 0 Å². The van der Waals surface area contributed by atoms with Crippen LogP contribution in [0, 0.1) is 11.8 Å². The van der Waals surface area contributed by atoms with Crippen molar-refractivity contribution in [2.24, 2.45) is 11.8 Å². The summed E-state index contributed by atoms with van der Waals surface area (Å²) >= 11 is 0. The van der Waals surface area contributed by atoms with Crippen molar-refractivity contribution in [3.8, 4) is 0 Å². The minimum atomic E-state index is 1.13. The third kappa shape index (κ3) is 36.2. The molecule has 0 bridgehead atoms. The van der Waals surface area contributed by atoms with Crippen molar-refractivity contribution in [2.45, 2.75) is 224 Å². The van der Waals surface area contributed by atoms with E-state index in [1.807, 2.05) is 83.1 Å². The molecule has 0 heteroatoms. The van der Waals surface area contributed by atoms with E-state index in [9.17, 15) is 0 Å². The molecule has 2 aliphatic carbocycles. The Morgan fingerprint density at radius 3 is 0.472 bits per heavy atom. The van der Waals surface area contributed by atoms with E-state index >= 15 is 0 Å². The predicted molar refractivity (Wildman–Crippen MR) is 177 cm³/mol. The van der Waals surface area contributed by atoms with Crippen LogP contribution in [0.5, 0.6) is 0 Å². The normalized spacial score (nSPS) is 21.7. The summed E-state index contributed by atoms with van der Waals surface area (Å²) < 4.78 is 0. The summed E-state index contributed by atoms with van der Waals surface area (Å²) in [5.41, 5.74) is 0. The lowest BCUT2D eigenvalue weighted by molar-refractivity contribution is 0.145. The zero-order valence-electron chi connectivity index (χ0n) is 28.7. The van der Waals surface area contributed by atoms with Gasteiger partial charge in [0.05, 0.1) is 0 Å². The summed E-state index contributed by atoms with van der Waals surface area (Å²) in [5, 5.41) is 0. The summed E-state index contributed by atoms with van der Waals surface area (Å²) in [5.74, 6) is 2.26. The first-order chi connectivity index (χ1) is 18.0. The van der Waals surface area contributed by atoms with Crippen molar-refractivity contribution in [1.29, 1.82) is 0 Å². The molecule has 0 spiro atoms. The molecule has 0 radical (unpaired) electrons. The maximum absolute atomic E-state index is 2.00. The smallest absolute Gasteiger partial charge is 0.0386 e. The minimum Gasteiger partial charge on any atom is -0.0683 e. The van der Waals surface area contributed by atoms with Gasteiger partial charge in [-0.2, -0.15) is 0 Å². The van der Waals surface area contributed by atoms with Crippen LogP contribution in [0.3, 0.4) is 0 Å². The van der Waals surface area contributed by atoms with Crippen molar-refractivity contribution in [3.63, 3.8) is 0 Å². The summed E-state index contributed by atoms with van der Waals surface area (Å²) in [4.78, 5) is 0. The molecule has 0 aliphatic heterocycles. The molecule has 0 amide bonds. The Labute approximate surface area is 236 Å². The molecule has 0 aromatic rings. The van der Waals surface area contributed by atoms with Crippen molar-refractivity contribution in [1.82, 2.24) is 0 Å². The molecule has 2 saturated carbocycles. The summed E-state index contributed by atoms with van der Waals surface area (Å²) in [6.45, 7) is 24.0. The van der Waals surface area contributed by atoms with Crippen LogP contribution in [0.1, 0.15) is 224 Å². The number of rotatable bonds is 0. The fraction of sp³-hybridized carbons (Fsp3) is 1.00. The predicted octanol–water partition coefficient (Wildman–Crippen LogP) is 15.0. The van der Waals surface area contributed by atoms with Crippen LogP contribution < -0.4 is 0 Å². The van der Waals surface area contributed by atoms with Crippen LogP contribution in [0.2, 0.25) is 0 Å². The molecule has 2 rings (SSSR count). The van der Waals surface area contributed by atoms with Gasteiger partial charge in [0, 0.05) is 0 Å². The van der Waals surface area contributed by atoms with E-state index < -0.39 is 0 Å². The van der Waals surface area contributed by atoms with Gasteiger partial charge in [-0.1, -0.05) is 212 Å². The summed E-state index contributed by atoms with van der Waals surface area (Å²) in [7, 11) is 0. The zero-order chi connectivity index (χ0) is 28.7. The highest BCUT2D eigenvalue weighted by atomic mass is 14.3. The Balaban J connectivity index is -0.000000234. The first-order valence-corrected chi connectivity index (χ1v) is 18.0. The Hall–Kier alpha value is 0. The Morgan fingerprint density at radius 1 is 0.194 bits per heavy atom. The highest BCUT2D eigenvalue weighted by Gasteiger charge is 2.29. The fourth-order valence-electron chi connectivity index (χ4n) is 5.04. The third-order valence-corrected chi connectivity index (χ3v) is 6.97. The van der Waals surface area contributed by atoms with Gasteiger partial charge in [0.25, 0.3) is 0 Å². The topological polar surface area (TPSA) is 0 Å². The van der Waals surface area contributed by atoms with Gasteiger partial charge < -0.3 is 0 Å². The highest BCUT2D eigenvalue weighted by Crippen LogP contribution is 2.41. The van der Waals surface area contributed by atoms with Gasteiger partial charge in [0.1, 0.15) is 0 Å². The SMILES string of the molecule is C1CCCCCCCCCCC2CCC2CCCCCCCCC1.CC.CC.CC.CC.CC.CC. The van der Waals surface area contributed by atoms with Crippen LogP contribution in [0.15, 0.2) is 0 Å². The molecule has 226 valence electrons. The lowest BCUT2D eigenvalue weighted by atomic mass is 9.69. The van der Waals surface area contributed by atoms with E-state index in [0.717, 1.165) is 11.8 Å². The second kappa shape index (κ2) is 51.6. The molecule has 2 fully saturated rings. The zero-order valence-corrected chi connectivity index (χ0v) is 28.7. The van der Waals surface area contributed by atoms with Gasteiger partial charge in [-0.15, -0.1) is 0 Å². The molecule has 2 atom stereocenters. The van der Waals surface area contributed by atoms with Gasteiger partial charge in [0.15, 0.2) is 0 Å². The quantitative estimate of drug-likeness (QED) is 0.301. The average molecular weight is 515 g/mol. The monoisotopic (exact) mass is 515 g/mol. The van der Waals surface area contributed by atoms with Gasteiger partial charge in [-0.05, 0) is 24.7 Å². The molecule has 0 N–H and O–H groups in total. The molecule has 36 heavy (non-hydrogen) atoms. The van der Waals surface area contributed by atoms with E-state index in [1.54, 1.807) is 25.7 Å². The van der Waals surface area contributed by atoms with E-state index in [2.05, 4.69) is 0 Å². The van der Waals surface area contributed by atoms with Gasteiger partial charge in [0.2, 0.25) is 0 Å². The summed E-state index contributed by atoms with van der Waals surface area (Å²) in [6, 6.07) is 0. The maximum atomic E-state index is 2.00. The molecule has 0 aromatic carbocycles. The number of fused-ring (bicyclic) bond motifs is 1. The van der Waals surface area contributed by atoms with Gasteiger partial charge >= 0.3 is 0 Å². The van der Waals surface area contributed by atoms with E-state index in [0.29, 0.717) is 0 Å². The van der Waals surface area contributed by atoms with Crippen molar-refractivity contribution >= 4 is 0 Å². The Bertz CT molecular complexity index is 241. The molecule has 2 aliphatic rings. The Morgan fingerprint density at radius 2 is 0.333 bits per heavy atom. The first-order valence-electron chi connectivity index (χ1n) is 18.0. The molecule has 0 heterocycles. The summed E-state index contributed by atoms with van der Waals surface area (Å²) in [6.07, 6.45) is 33.4. The standard InChI is InChI=1S/C24H46.6C2H6/c1-2-4-6-8-10-12-14-16-18-20-24-22-21-23(24)19-17-15-13-11-9-7-5-3-1;6*1-2/h23-24H,1-22H2;6*1-2H3. The van der Waals surface area contributed by atoms with Gasteiger partial charge in [-0.25, -0.2) is 0 Å². The number of hydrogen-bond acceptors (Lipinski definition) is 0. The largest absolute Gasteiger partial charge is 0.0683 e. The number of hydrogen-bond donors (Lipinski definition) is 0. The van der Waals surface area contributed by atoms with Crippen molar-refractivity contribution < 1.29 is 0 Å². The molecule has 2 unspecified atom stereocenters. The Kier molecular flexibility index (Phi) is 65.8. The molecule has 0 saturated heterocycles. The third-order valence-electron chi connectivity index (χ3n) is 6.97. The van der Waals surface area contributed by atoms with Crippen LogP contribution in [0.4, 0.5) is 0 Å². The molecule has 0 aromatic heterocycles. The van der Waals surface area contributed by atoms with Crippen LogP contribution in [-0.2, 0) is 0 Å². The van der Waals surface area contributed by atoms with Crippen molar-refractivity contribution in [2.75, 3.05) is 0 Å². The highest BCUT2D eigenvalue weighted by molar-refractivity contribution is 4.80. The van der Waals surface area contributed by atoms with E-state index in [4.69, 9.17) is 0 Å². The molecular weight excluding hydrogens is 432 g/mol.